The molecule has 0 unspecified atom stereocenters. The first-order valence-corrected chi connectivity index (χ1v) is 13.9. The van der Waals surface area contributed by atoms with Crippen LogP contribution in [-0.2, 0) is 4.79 Å². The number of carbonyl (C=O) groups is 1. The molecule has 33 heavy (non-hydrogen) atoms. The minimum Gasteiger partial charge on any atom is -0.481 e. The molecule has 3 nitrogen and oxygen atoms in total. The number of rotatable bonds is 1. The second-order valence-electron chi connectivity index (χ2n) is 14.4. The fourth-order valence-corrected chi connectivity index (χ4v) is 10.8. The van der Waals surface area contributed by atoms with E-state index < -0.39 is 17.5 Å². The molecule has 5 aliphatic rings. The maximum Gasteiger partial charge on any atom is 0.312 e. The van der Waals surface area contributed by atoms with Gasteiger partial charge in [-0.15, -0.1) is 0 Å². The molecule has 0 aromatic rings. The van der Waals surface area contributed by atoms with Crippen molar-refractivity contribution in [1.82, 2.24) is 0 Å². The number of carboxylic acids is 1. The predicted octanol–water partition coefficient (Wildman–Crippen LogP) is 7.09. The highest BCUT2D eigenvalue weighted by Crippen LogP contribution is 2.75. The summed E-state index contributed by atoms with van der Waals surface area (Å²) in [5.41, 5.74) is 1.56. The Balaban J connectivity index is 1.60. The Morgan fingerprint density at radius 1 is 0.909 bits per heavy atom. The largest absolute Gasteiger partial charge is 0.481 e. The van der Waals surface area contributed by atoms with E-state index >= 15 is 0 Å². The number of aliphatic hydroxyl groups excluding tert-OH is 1. The summed E-state index contributed by atoms with van der Waals surface area (Å²) in [5, 5.41) is 21.1. The molecule has 4 saturated carbocycles. The van der Waals surface area contributed by atoms with Gasteiger partial charge < -0.3 is 10.2 Å². The van der Waals surface area contributed by atoms with Crippen LogP contribution in [0, 0.1) is 56.7 Å². The van der Waals surface area contributed by atoms with E-state index in [0.717, 1.165) is 37.5 Å². The van der Waals surface area contributed by atoms with Crippen LogP contribution in [0.2, 0.25) is 0 Å². The summed E-state index contributed by atoms with van der Waals surface area (Å²) in [6.07, 6.45) is 12.0. The monoisotopic (exact) mass is 456 g/mol. The van der Waals surface area contributed by atoms with E-state index in [0.29, 0.717) is 23.7 Å². The first kappa shape index (κ1) is 23.9. The van der Waals surface area contributed by atoms with E-state index in [2.05, 4.69) is 47.6 Å². The number of fused-ring (bicyclic) bond motifs is 7. The zero-order valence-corrected chi connectivity index (χ0v) is 22.2. The lowest BCUT2D eigenvalue weighted by atomic mass is 9.33. The summed E-state index contributed by atoms with van der Waals surface area (Å²) in [4.78, 5) is 12.5. The number of allylic oxidation sites excluding steroid dienone is 2. The van der Waals surface area contributed by atoms with Gasteiger partial charge in [-0.25, -0.2) is 0 Å². The number of aliphatic hydroxyl groups is 1. The zero-order chi connectivity index (χ0) is 24.2. The topological polar surface area (TPSA) is 57.5 Å². The fraction of sp³-hybridized carbons (Fsp3) is 0.900. The summed E-state index contributed by atoms with van der Waals surface area (Å²) in [5.74, 6) is 1.96. The van der Waals surface area contributed by atoms with E-state index in [9.17, 15) is 15.0 Å². The summed E-state index contributed by atoms with van der Waals surface area (Å²) in [7, 11) is 0. The van der Waals surface area contributed by atoms with Crippen LogP contribution in [0.5, 0.6) is 0 Å². The highest BCUT2D eigenvalue weighted by molar-refractivity contribution is 5.76. The van der Waals surface area contributed by atoms with Gasteiger partial charge in [-0.05, 0) is 116 Å². The van der Waals surface area contributed by atoms with Gasteiger partial charge in [-0.2, -0.15) is 0 Å². The Labute approximate surface area is 201 Å². The highest BCUT2D eigenvalue weighted by atomic mass is 16.4. The second kappa shape index (κ2) is 7.11. The van der Waals surface area contributed by atoms with E-state index in [1.807, 2.05) is 6.92 Å². The van der Waals surface area contributed by atoms with Crippen molar-refractivity contribution >= 4 is 5.97 Å². The minimum absolute atomic E-state index is 0.0311. The average molecular weight is 457 g/mol. The van der Waals surface area contributed by atoms with Crippen LogP contribution in [0.3, 0.4) is 0 Å². The van der Waals surface area contributed by atoms with Crippen molar-refractivity contribution in [2.45, 2.75) is 112 Å². The Bertz CT molecular complexity index is 878. The van der Waals surface area contributed by atoms with Crippen LogP contribution in [0.1, 0.15) is 106 Å². The van der Waals surface area contributed by atoms with Crippen molar-refractivity contribution in [3.8, 4) is 0 Å². The predicted molar refractivity (Wildman–Crippen MR) is 133 cm³/mol. The van der Waals surface area contributed by atoms with Crippen molar-refractivity contribution in [3.05, 3.63) is 11.6 Å². The molecule has 11 atom stereocenters. The smallest absolute Gasteiger partial charge is 0.312 e. The molecule has 0 aliphatic heterocycles. The third kappa shape index (κ3) is 2.75. The molecular formula is C30H48O3. The minimum atomic E-state index is -1.03. The van der Waals surface area contributed by atoms with E-state index in [-0.39, 0.29) is 22.2 Å². The second-order valence-corrected chi connectivity index (χ2v) is 14.4. The molecule has 5 aliphatic carbocycles. The first-order valence-electron chi connectivity index (χ1n) is 13.9. The number of carboxylic acid groups (broad SMARTS) is 1. The van der Waals surface area contributed by atoms with Crippen molar-refractivity contribution < 1.29 is 15.0 Å². The highest BCUT2D eigenvalue weighted by Gasteiger charge is 2.69. The van der Waals surface area contributed by atoms with Crippen molar-refractivity contribution in [2.75, 3.05) is 0 Å². The molecule has 0 aromatic carbocycles. The van der Waals surface area contributed by atoms with Crippen LogP contribution < -0.4 is 0 Å². The molecule has 0 aromatic heterocycles. The standard InChI is InChI=1S/C30H48O3/c1-18-10-13-26(3)16-17-28(5)20(24(26)19(18)2)8-9-21-27(4)14-12-23(31)30(7,25(32)33)22(27)11-15-29(21,28)6/h8,18-19,21-24,31H,9-17H2,1-7H3,(H,32,33)/t18-,19+,21-,22-,23-,24+,26-,27-,28-,29-,30+/m1/s1. The van der Waals surface area contributed by atoms with Gasteiger partial charge in [-0.1, -0.05) is 53.2 Å². The molecule has 0 saturated heterocycles. The van der Waals surface area contributed by atoms with E-state index in [1.54, 1.807) is 5.57 Å². The fourth-order valence-electron chi connectivity index (χ4n) is 10.8. The first-order chi connectivity index (χ1) is 15.3. The van der Waals surface area contributed by atoms with Crippen LogP contribution in [0.15, 0.2) is 11.6 Å². The third-order valence-corrected chi connectivity index (χ3v) is 13.5. The summed E-state index contributed by atoms with van der Waals surface area (Å²) >= 11 is 0. The number of hydrogen-bond donors (Lipinski definition) is 2. The Kier molecular flexibility index (Phi) is 5.15. The molecule has 0 bridgehead atoms. The number of hydrogen-bond acceptors (Lipinski definition) is 2. The molecule has 0 heterocycles. The molecule has 2 N–H and O–H groups in total. The van der Waals surface area contributed by atoms with Crippen LogP contribution in [-0.4, -0.2) is 22.3 Å². The normalized spacial score (nSPS) is 58.2. The van der Waals surface area contributed by atoms with E-state index in [1.165, 1.54) is 25.7 Å². The molecule has 0 radical (unpaired) electrons. The van der Waals surface area contributed by atoms with Gasteiger partial charge in [-0.3, -0.25) is 4.79 Å². The summed E-state index contributed by atoms with van der Waals surface area (Å²) in [6.45, 7) is 17.0. The van der Waals surface area contributed by atoms with Gasteiger partial charge in [0.1, 0.15) is 0 Å². The lowest BCUT2D eigenvalue weighted by molar-refractivity contribution is -0.217. The van der Waals surface area contributed by atoms with Crippen molar-refractivity contribution in [1.29, 1.82) is 0 Å². The van der Waals surface area contributed by atoms with Gasteiger partial charge in [0, 0.05) is 0 Å². The maximum atomic E-state index is 12.5. The van der Waals surface area contributed by atoms with E-state index in [4.69, 9.17) is 0 Å². The molecule has 0 spiro atoms. The Morgan fingerprint density at radius 2 is 1.61 bits per heavy atom. The van der Waals surface area contributed by atoms with Crippen molar-refractivity contribution in [2.24, 2.45) is 56.7 Å². The quantitative estimate of drug-likeness (QED) is 0.414. The molecule has 5 rings (SSSR count). The van der Waals surface area contributed by atoms with Gasteiger partial charge in [0.2, 0.25) is 0 Å². The van der Waals surface area contributed by atoms with Crippen LogP contribution in [0.25, 0.3) is 0 Å². The van der Waals surface area contributed by atoms with Crippen molar-refractivity contribution in [3.63, 3.8) is 0 Å². The average Bonchev–Trinajstić information content (AvgIpc) is 2.75. The van der Waals surface area contributed by atoms with Crippen LogP contribution in [0.4, 0.5) is 0 Å². The number of aliphatic carboxylic acids is 1. The van der Waals surface area contributed by atoms with Gasteiger partial charge in [0.15, 0.2) is 0 Å². The van der Waals surface area contributed by atoms with Crippen LogP contribution >= 0.6 is 0 Å². The SMILES string of the molecule is C[C@H]1[C@H](C)CC[C@]2(C)CC[C@]3(C)C(=CC[C@@H]4[C@@]5(C)CC[C@@H](O)[C@@](C)(C(=O)O)[C@@H]5CC[C@]43C)[C@H]12. The van der Waals surface area contributed by atoms with Gasteiger partial charge in [0.05, 0.1) is 11.5 Å². The summed E-state index contributed by atoms with van der Waals surface area (Å²) < 4.78 is 0. The van der Waals surface area contributed by atoms with Gasteiger partial charge in [0.25, 0.3) is 0 Å². The lowest BCUT2D eigenvalue weighted by Gasteiger charge is -2.71. The molecular weight excluding hydrogens is 408 g/mol. The third-order valence-electron chi connectivity index (χ3n) is 13.5. The summed E-state index contributed by atoms with van der Waals surface area (Å²) in [6, 6.07) is 0. The molecule has 4 fully saturated rings. The lowest BCUT2D eigenvalue weighted by Crippen LogP contribution is -2.66. The molecule has 0 amide bonds. The Hall–Kier alpha value is -0.830. The molecule has 186 valence electrons. The molecule has 3 heteroatoms. The zero-order valence-electron chi connectivity index (χ0n) is 22.2. The Morgan fingerprint density at radius 3 is 2.27 bits per heavy atom. The maximum absolute atomic E-state index is 12.5. The van der Waals surface area contributed by atoms with Gasteiger partial charge >= 0.3 is 5.97 Å².